The molecular weight excluding hydrogens is 253 g/mol. The normalized spacial score (nSPS) is 38.4. The lowest BCUT2D eigenvalue weighted by Gasteiger charge is -2.48. The molecule has 2 rings (SSSR count). The summed E-state index contributed by atoms with van der Waals surface area (Å²) in [6.07, 6.45) is 1.39. The molecule has 112 valence electrons. The Morgan fingerprint density at radius 2 is 1.79 bits per heavy atom. The second kappa shape index (κ2) is 6.00. The van der Waals surface area contributed by atoms with Crippen LogP contribution in [0.2, 0.25) is 0 Å². The van der Waals surface area contributed by atoms with E-state index in [1.807, 2.05) is 0 Å². The summed E-state index contributed by atoms with van der Waals surface area (Å²) in [4.78, 5) is 2.31. The van der Waals surface area contributed by atoms with Crippen LogP contribution in [0.15, 0.2) is 0 Å². The molecule has 2 nitrogen and oxygen atoms in total. The van der Waals surface area contributed by atoms with Gasteiger partial charge in [0.05, 0.1) is 5.92 Å². The van der Waals surface area contributed by atoms with E-state index in [2.05, 4.69) is 11.8 Å². The van der Waals surface area contributed by atoms with Crippen LogP contribution in [0, 0.1) is 5.92 Å². The molecule has 0 aromatic carbocycles. The summed E-state index contributed by atoms with van der Waals surface area (Å²) in [5.41, 5.74) is 5.82. The van der Waals surface area contributed by atoms with E-state index in [4.69, 9.17) is 5.73 Å². The molecule has 4 atom stereocenters. The van der Waals surface area contributed by atoms with E-state index in [0.29, 0.717) is 25.4 Å². The lowest BCUT2D eigenvalue weighted by Crippen LogP contribution is -2.55. The molecule has 1 saturated carbocycles. The number of alkyl halides is 3. The van der Waals surface area contributed by atoms with Gasteiger partial charge in [0.15, 0.2) is 0 Å². The first-order valence-corrected chi connectivity index (χ1v) is 7.47. The van der Waals surface area contributed by atoms with Crippen molar-refractivity contribution in [2.24, 2.45) is 11.7 Å². The van der Waals surface area contributed by atoms with Crippen LogP contribution < -0.4 is 5.73 Å². The number of nitrogens with zero attached hydrogens (tertiary/aromatic N) is 1. The van der Waals surface area contributed by atoms with Gasteiger partial charge in [0.25, 0.3) is 0 Å². The highest BCUT2D eigenvalue weighted by atomic mass is 19.4. The van der Waals surface area contributed by atoms with Crippen molar-refractivity contribution in [1.82, 2.24) is 4.90 Å². The minimum Gasteiger partial charge on any atom is -0.329 e. The van der Waals surface area contributed by atoms with Crippen molar-refractivity contribution in [1.29, 1.82) is 0 Å². The van der Waals surface area contributed by atoms with Gasteiger partial charge in [-0.05, 0) is 39.0 Å². The van der Waals surface area contributed by atoms with E-state index in [-0.39, 0.29) is 18.5 Å². The smallest absolute Gasteiger partial charge is 0.329 e. The van der Waals surface area contributed by atoms with Gasteiger partial charge in [-0.1, -0.05) is 12.8 Å². The third-order valence-electron chi connectivity index (χ3n) is 4.89. The van der Waals surface area contributed by atoms with Crippen molar-refractivity contribution in [3.05, 3.63) is 0 Å². The Labute approximate surface area is 113 Å². The average molecular weight is 278 g/mol. The summed E-state index contributed by atoms with van der Waals surface area (Å²) in [6, 6.07) is 0.726. The predicted molar refractivity (Wildman–Crippen MR) is 69.8 cm³/mol. The van der Waals surface area contributed by atoms with Gasteiger partial charge < -0.3 is 5.73 Å². The molecule has 2 aliphatic rings. The van der Waals surface area contributed by atoms with Gasteiger partial charge in [0.1, 0.15) is 0 Å². The first kappa shape index (κ1) is 15.1. The van der Waals surface area contributed by atoms with Crippen LogP contribution >= 0.6 is 0 Å². The zero-order valence-corrected chi connectivity index (χ0v) is 11.6. The number of hydrogen-bond donors (Lipinski definition) is 1. The standard InChI is InChI=1S/C14H25F3N2/c1-10-4-2-7-13(9-18)19(10)12-6-3-5-11(8-12)14(15,16)17/h10-13H,2-9,18H2,1H3. The number of hydrogen-bond acceptors (Lipinski definition) is 2. The number of halogens is 3. The van der Waals surface area contributed by atoms with E-state index >= 15 is 0 Å². The third-order valence-corrected chi connectivity index (χ3v) is 4.89. The van der Waals surface area contributed by atoms with E-state index in [9.17, 15) is 13.2 Å². The molecule has 4 unspecified atom stereocenters. The highest BCUT2D eigenvalue weighted by Crippen LogP contribution is 2.41. The zero-order chi connectivity index (χ0) is 14.0. The fraction of sp³-hybridized carbons (Fsp3) is 1.00. The van der Waals surface area contributed by atoms with Crippen molar-refractivity contribution >= 4 is 0 Å². The van der Waals surface area contributed by atoms with E-state index < -0.39 is 12.1 Å². The van der Waals surface area contributed by atoms with Gasteiger partial charge in [-0.25, -0.2) is 0 Å². The van der Waals surface area contributed by atoms with Crippen LogP contribution in [-0.2, 0) is 0 Å². The zero-order valence-electron chi connectivity index (χ0n) is 11.6. The fourth-order valence-electron chi connectivity index (χ4n) is 3.94. The number of nitrogens with two attached hydrogens (primary N) is 1. The Bertz CT molecular complexity index is 293. The van der Waals surface area contributed by atoms with Crippen molar-refractivity contribution in [3.63, 3.8) is 0 Å². The van der Waals surface area contributed by atoms with Crippen LogP contribution in [-0.4, -0.2) is 35.7 Å². The van der Waals surface area contributed by atoms with E-state index in [1.165, 1.54) is 0 Å². The van der Waals surface area contributed by atoms with Crippen molar-refractivity contribution in [2.75, 3.05) is 6.54 Å². The van der Waals surface area contributed by atoms with Crippen LogP contribution in [0.3, 0.4) is 0 Å². The molecule has 0 aromatic heterocycles. The summed E-state index contributed by atoms with van der Waals surface area (Å²) in [5, 5.41) is 0. The lowest BCUT2D eigenvalue weighted by atomic mass is 9.81. The van der Waals surface area contributed by atoms with Gasteiger partial charge in [0.2, 0.25) is 0 Å². The number of piperidine rings is 1. The second-order valence-electron chi connectivity index (χ2n) is 6.18. The SMILES string of the molecule is CC1CCCC(CN)N1C1CCCC(C(F)(F)F)C1. The molecule has 1 aliphatic heterocycles. The maximum Gasteiger partial charge on any atom is 0.391 e. The van der Waals surface area contributed by atoms with Crippen LogP contribution in [0.4, 0.5) is 13.2 Å². The Balaban J connectivity index is 2.06. The summed E-state index contributed by atoms with van der Waals surface area (Å²) in [5.74, 6) is -1.11. The van der Waals surface area contributed by atoms with Crippen molar-refractivity contribution < 1.29 is 13.2 Å². The molecule has 19 heavy (non-hydrogen) atoms. The predicted octanol–water partition coefficient (Wildman–Crippen LogP) is 3.31. The Hall–Kier alpha value is -0.290. The van der Waals surface area contributed by atoms with Crippen molar-refractivity contribution in [3.8, 4) is 0 Å². The molecule has 0 radical (unpaired) electrons. The van der Waals surface area contributed by atoms with Crippen molar-refractivity contribution in [2.45, 2.75) is 76.2 Å². The Morgan fingerprint density at radius 1 is 1.11 bits per heavy atom. The first-order valence-electron chi connectivity index (χ1n) is 7.47. The summed E-state index contributed by atoms with van der Waals surface area (Å²) < 4.78 is 38.7. The van der Waals surface area contributed by atoms with Crippen LogP contribution in [0.25, 0.3) is 0 Å². The molecule has 2 fully saturated rings. The quantitative estimate of drug-likeness (QED) is 0.839. The Kier molecular flexibility index (Phi) is 4.77. The third kappa shape index (κ3) is 3.43. The molecule has 1 aliphatic carbocycles. The highest BCUT2D eigenvalue weighted by Gasteiger charge is 2.45. The van der Waals surface area contributed by atoms with E-state index in [0.717, 1.165) is 25.7 Å². The molecule has 0 aromatic rings. The number of rotatable bonds is 2. The molecule has 1 saturated heterocycles. The minimum absolute atomic E-state index is 0.0734. The number of likely N-dealkylation sites (tertiary alicyclic amines) is 1. The molecule has 0 spiro atoms. The fourth-order valence-corrected chi connectivity index (χ4v) is 3.94. The summed E-state index contributed by atoms with van der Waals surface area (Å²) in [6.45, 7) is 2.70. The summed E-state index contributed by atoms with van der Waals surface area (Å²) in [7, 11) is 0. The summed E-state index contributed by atoms with van der Waals surface area (Å²) >= 11 is 0. The van der Waals surface area contributed by atoms with Gasteiger partial charge in [0, 0.05) is 24.7 Å². The largest absolute Gasteiger partial charge is 0.391 e. The first-order chi connectivity index (χ1) is 8.93. The monoisotopic (exact) mass is 278 g/mol. The molecular formula is C14H25F3N2. The van der Waals surface area contributed by atoms with Gasteiger partial charge in [-0.2, -0.15) is 13.2 Å². The molecule has 0 bridgehead atoms. The molecule has 2 N–H and O–H groups in total. The maximum atomic E-state index is 12.9. The minimum atomic E-state index is -4.03. The molecule has 5 heteroatoms. The van der Waals surface area contributed by atoms with E-state index in [1.54, 1.807) is 0 Å². The topological polar surface area (TPSA) is 29.3 Å². The Morgan fingerprint density at radius 3 is 2.42 bits per heavy atom. The molecule has 1 heterocycles. The van der Waals surface area contributed by atoms with Gasteiger partial charge in [-0.15, -0.1) is 0 Å². The van der Waals surface area contributed by atoms with Crippen LogP contribution in [0.5, 0.6) is 0 Å². The lowest BCUT2D eigenvalue weighted by molar-refractivity contribution is -0.188. The average Bonchev–Trinajstić information content (AvgIpc) is 2.37. The van der Waals surface area contributed by atoms with Gasteiger partial charge >= 0.3 is 6.18 Å². The van der Waals surface area contributed by atoms with Crippen LogP contribution in [0.1, 0.15) is 51.9 Å². The highest BCUT2D eigenvalue weighted by molar-refractivity contribution is 4.91. The molecule has 0 amide bonds. The van der Waals surface area contributed by atoms with Gasteiger partial charge in [-0.3, -0.25) is 4.90 Å². The maximum absolute atomic E-state index is 12.9. The second-order valence-corrected chi connectivity index (χ2v) is 6.18.